The van der Waals surface area contributed by atoms with Crippen LogP contribution in [0, 0.1) is 0 Å². The summed E-state index contributed by atoms with van der Waals surface area (Å²) in [4.78, 5) is 11.5. The number of halogens is 2. The van der Waals surface area contributed by atoms with E-state index in [1.807, 2.05) is 6.92 Å². The van der Waals surface area contributed by atoms with Gasteiger partial charge in [0.15, 0.2) is 0 Å². The van der Waals surface area contributed by atoms with Crippen molar-refractivity contribution >= 4 is 17.7 Å². The van der Waals surface area contributed by atoms with Crippen molar-refractivity contribution in [2.45, 2.75) is 51.2 Å². The van der Waals surface area contributed by atoms with Crippen LogP contribution in [0.4, 0.5) is 8.78 Å². The maximum atomic E-state index is 12.0. The average Bonchev–Trinajstić information content (AvgIpc) is 2.22. The van der Waals surface area contributed by atoms with Gasteiger partial charge in [0.1, 0.15) is 5.25 Å². The summed E-state index contributed by atoms with van der Waals surface area (Å²) in [6.45, 7) is 4.13. The van der Waals surface area contributed by atoms with Gasteiger partial charge in [-0.1, -0.05) is 19.8 Å². The molecule has 0 aliphatic heterocycles. The van der Waals surface area contributed by atoms with Crippen molar-refractivity contribution < 1.29 is 18.3 Å². The molecule has 0 amide bonds. The van der Waals surface area contributed by atoms with E-state index in [2.05, 4.69) is 0 Å². The van der Waals surface area contributed by atoms with Gasteiger partial charge in [-0.3, -0.25) is 4.79 Å². The van der Waals surface area contributed by atoms with Crippen molar-refractivity contribution in [2.24, 2.45) is 0 Å². The molecule has 0 aliphatic rings. The van der Waals surface area contributed by atoms with E-state index in [9.17, 15) is 13.6 Å². The van der Waals surface area contributed by atoms with E-state index in [-0.39, 0.29) is 17.6 Å². The fourth-order valence-electron chi connectivity index (χ4n) is 1.19. The lowest BCUT2D eigenvalue weighted by atomic mass is 10.2. The molecule has 0 spiro atoms. The summed E-state index contributed by atoms with van der Waals surface area (Å²) in [7, 11) is 0. The van der Waals surface area contributed by atoms with Crippen molar-refractivity contribution in [2.75, 3.05) is 12.4 Å². The standard InChI is InChI=1S/C11H20F2O2S/c1-3-5-6-9(11(14)15-4-2)16-8-7-10(12)13/h9-10H,3-8H2,1-2H3. The topological polar surface area (TPSA) is 26.3 Å². The molecule has 0 fully saturated rings. The van der Waals surface area contributed by atoms with Gasteiger partial charge >= 0.3 is 5.97 Å². The average molecular weight is 254 g/mol. The summed E-state index contributed by atoms with van der Waals surface area (Å²) < 4.78 is 28.8. The summed E-state index contributed by atoms with van der Waals surface area (Å²) in [6, 6.07) is 0. The van der Waals surface area contributed by atoms with Crippen molar-refractivity contribution in [3.8, 4) is 0 Å². The minimum Gasteiger partial charge on any atom is -0.465 e. The summed E-state index contributed by atoms with van der Waals surface area (Å²) in [5.74, 6) is 0.0421. The van der Waals surface area contributed by atoms with Gasteiger partial charge in [0.2, 0.25) is 6.43 Å². The number of esters is 1. The predicted molar refractivity (Wildman–Crippen MR) is 63.0 cm³/mol. The third kappa shape index (κ3) is 7.91. The summed E-state index contributed by atoms with van der Waals surface area (Å²) in [6.07, 6.45) is 0.174. The molecular weight excluding hydrogens is 234 g/mol. The van der Waals surface area contributed by atoms with Crippen LogP contribution in [0.25, 0.3) is 0 Å². The number of ether oxygens (including phenoxy) is 1. The Morgan fingerprint density at radius 3 is 2.50 bits per heavy atom. The van der Waals surface area contributed by atoms with Gasteiger partial charge in [-0.05, 0) is 19.1 Å². The Hall–Kier alpha value is -0.320. The van der Waals surface area contributed by atoms with E-state index >= 15 is 0 Å². The molecule has 2 nitrogen and oxygen atoms in total. The molecule has 0 heterocycles. The SMILES string of the molecule is CCCCC(SCCC(F)F)C(=O)OCC. The monoisotopic (exact) mass is 254 g/mol. The maximum absolute atomic E-state index is 12.0. The molecule has 0 saturated heterocycles. The zero-order chi connectivity index (χ0) is 12.4. The van der Waals surface area contributed by atoms with Gasteiger partial charge in [0, 0.05) is 6.42 Å². The molecule has 16 heavy (non-hydrogen) atoms. The molecule has 1 unspecified atom stereocenters. The van der Waals surface area contributed by atoms with Crippen LogP contribution >= 0.6 is 11.8 Å². The Balaban J connectivity index is 3.94. The Labute approximate surface area is 100 Å². The van der Waals surface area contributed by atoms with Crippen molar-refractivity contribution in [1.29, 1.82) is 0 Å². The largest absolute Gasteiger partial charge is 0.465 e. The normalized spacial score (nSPS) is 12.8. The Morgan fingerprint density at radius 1 is 1.31 bits per heavy atom. The second-order valence-corrected chi connectivity index (χ2v) is 4.74. The van der Waals surface area contributed by atoms with Crippen LogP contribution in [0.1, 0.15) is 39.5 Å². The lowest BCUT2D eigenvalue weighted by Gasteiger charge is -2.14. The molecular formula is C11H20F2O2S. The highest BCUT2D eigenvalue weighted by Crippen LogP contribution is 2.21. The van der Waals surface area contributed by atoms with Crippen LogP contribution in [0.2, 0.25) is 0 Å². The summed E-state index contributed by atoms with van der Waals surface area (Å²) in [5, 5.41) is -0.279. The molecule has 0 aromatic rings. The van der Waals surface area contributed by atoms with Gasteiger partial charge in [-0.25, -0.2) is 8.78 Å². The quantitative estimate of drug-likeness (QED) is 0.589. The van der Waals surface area contributed by atoms with E-state index < -0.39 is 6.43 Å². The predicted octanol–water partition coefficient (Wildman–Crippen LogP) is 3.50. The maximum Gasteiger partial charge on any atom is 0.319 e. The van der Waals surface area contributed by atoms with Gasteiger partial charge in [-0.2, -0.15) is 0 Å². The van der Waals surface area contributed by atoms with E-state index in [4.69, 9.17) is 4.74 Å². The summed E-state index contributed by atoms with van der Waals surface area (Å²) >= 11 is 1.28. The minimum atomic E-state index is -2.29. The zero-order valence-electron chi connectivity index (χ0n) is 9.88. The third-order valence-electron chi connectivity index (χ3n) is 2.02. The lowest BCUT2D eigenvalue weighted by Crippen LogP contribution is -2.21. The first-order valence-electron chi connectivity index (χ1n) is 5.68. The number of unbranched alkanes of at least 4 members (excludes halogenated alkanes) is 1. The fourth-order valence-corrected chi connectivity index (χ4v) is 2.33. The van der Waals surface area contributed by atoms with Crippen LogP contribution in [-0.4, -0.2) is 30.0 Å². The van der Waals surface area contributed by atoms with E-state index in [0.29, 0.717) is 18.8 Å². The van der Waals surface area contributed by atoms with Gasteiger partial charge in [0.05, 0.1) is 6.61 Å². The first-order valence-corrected chi connectivity index (χ1v) is 6.73. The molecule has 0 saturated carbocycles. The molecule has 0 rings (SSSR count). The number of carbonyl (C=O) groups is 1. The van der Waals surface area contributed by atoms with Crippen LogP contribution in [0.5, 0.6) is 0 Å². The molecule has 0 aromatic carbocycles. The summed E-state index contributed by atoms with van der Waals surface area (Å²) in [5.41, 5.74) is 0. The van der Waals surface area contributed by atoms with E-state index in [1.165, 1.54) is 11.8 Å². The van der Waals surface area contributed by atoms with Gasteiger partial charge in [0.25, 0.3) is 0 Å². The van der Waals surface area contributed by atoms with Crippen molar-refractivity contribution in [3.05, 3.63) is 0 Å². The van der Waals surface area contributed by atoms with E-state index in [0.717, 1.165) is 12.8 Å². The molecule has 0 radical (unpaired) electrons. The second-order valence-electron chi connectivity index (χ2n) is 3.43. The number of rotatable bonds is 9. The molecule has 0 bridgehead atoms. The third-order valence-corrected chi connectivity index (χ3v) is 3.33. The number of hydrogen-bond donors (Lipinski definition) is 0. The fraction of sp³-hybridized carbons (Fsp3) is 0.909. The highest BCUT2D eigenvalue weighted by atomic mass is 32.2. The molecule has 0 aliphatic carbocycles. The van der Waals surface area contributed by atoms with Crippen molar-refractivity contribution in [1.82, 2.24) is 0 Å². The van der Waals surface area contributed by atoms with Gasteiger partial charge < -0.3 is 4.74 Å². The second kappa shape index (κ2) is 9.87. The van der Waals surface area contributed by atoms with Crippen LogP contribution in [0.15, 0.2) is 0 Å². The number of hydrogen-bond acceptors (Lipinski definition) is 3. The minimum absolute atomic E-state index is 0.160. The first kappa shape index (κ1) is 15.7. The zero-order valence-corrected chi connectivity index (χ0v) is 10.7. The number of alkyl halides is 2. The smallest absolute Gasteiger partial charge is 0.319 e. The van der Waals surface area contributed by atoms with Crippen molar-refractivity contribution in [3.63, 3.8) is 0 Å². The van der Waals surface area contributed by atoms with Crippen LogP contribution in [-0.2, 0) is 9.53 Å². The Morgan fingerprint density at radius 2 is 2.00 bits per heavy atom. The number of thioether (sulfide) groups is 1. The number of carbonyl (C=O) groups excluding carboxylic acids is 1. The highest BCUT2D eigenvalue weighted by Gasteiger charge is 2.19. The Kier molecular flexibility index (Phi) is 9.68. The molecule has 5 heteroatoms. The Bertz CT molecular complexity index is 189. The van der Waals surface area contributed by atoms with Crippen LogP contribution in [0.3, 0.4) is 0 Å². The first-order chi connectivity index (χ1) is 7.61. The lowest BCUT2D eigenvalue weighted by molar-refractivity contribution is -0.142. The van der Waals surface area contributed by atoms with E-state index in [1.54, 1.807) is 6.92 Å². The molecule has 1 atom stereocenters. The molecule has 0 aromatic heterocycles. The van der Waals surface area contributed by atoms with Crippen LogP contribution < -0.4 is 0 Å². The molecule has 0 N–H and O–H groups in total. The van der Waals surface area contributed by atoms with Gasteiger partial charge in [-0.15, -0.1) is 11.8 Å². The highest BCUT2D eigenvalue weighted by molar-refractivity contribution is 8.00. The molecule has 96 valence electrons.